The van der Waals surface area contributed by atoms with Gasteiger partial charge < -0.3 is 14.4 Å². The van der Waals surface area contributed by atoms with Crippen LogP contribution in [-0.4, -0.2) is 37.1 Å². The first-order valence-electron chi connectivity index (χ1n) is 9.18. The summed E-state index contributed by atoms with van der Waals surface area (Å²) in [5.41, 5.74) is 2.23. The fourth-order valence-electron chi connectivity index (χ4n) is 2.82. The van der Waals surface area contributed by atoms with Crippen molar-refractivity contribution < 1.29 is 19.1 Å². The maximum Gasteiger partial charge on any atom is 0.350 e. The van der Waals surface area contributed by atoms with Crippen LogP contribution in [0.3, 0.4) is 0 Å². The van der Waals surface area contributed by atoms with E-state index in [9.17, 15) is 9.59 Å². The molecule has 0 saturated carbocycles. The molecule has 1 heterocycles. The molecular formula is C22H22N2O4S. The van der Waals surface area contributed by atoms with Gasteiger partial charge in [-0.3, -0.25) is 4.79 Å². The van der Waals surface area contributed by atoms with Crippen molar-refractivity contribution in [1.29, 1.82) is 0 Å². The molecule has 150 valence electrons. The van der Waals surface area contributed by atoms with Gasteiger partial charge in [0.25, 0.3) is 5.91 Å². The van der Waals surface area contributed by atoms with E-state index >= 15 is 0 Å². The van der Waals surface area contributed by atoms with E-state index in [4.69, 9.17) is 9.47 Å². The Balaban J connectivity index is 1.67. The van der Waals surface area contributed by atoms with Crippen molar-refractivity contribution in [2.45, 2.75) is 13.8 Å². The number of carbonyl (C=O) groups excluding carboxylic acids is 2. The first-order chi connectivity index (χ1) is 14.0. The number of anilines is 1. The van der Waals surface area contributed by atoms with Crippen LogP contribution in [0.2, 0.25) is 0 Å². The van der Waals surface area contributed by atoms with Crippen LogP contribution in [0, 0.1) is 6.92 Å². The number of rotatable bonds is 7. The molecule has 0 aliphatic carbocycles. The number of methoxy groups -OCH3 is 1. The summed E-state index contributed by atoms with van der Waals surface area (Å²) in [6.45, 7) is 3.80. The Labute approximate surface area is 173 Å². The van der Waals surface area contributed by atoms with Gasteiger partial charge in [0.2, 0.25) is 0 Å². The van der Waals surface area contributed by atoms with Crippen LogP contribution in [0.5, 0.6) is 5.75 Å². The Bertz CT molecular complexity index is 984. The number of esters is 1. The van der Waals surface area contributed by atoms with Crippen LogP contribution in [0.4, 0.5) is 5.69 Å². The van der Waals surface area contributed by atoms with Crippen molar-refractivity contribution in [3.63, 3.8) is 0 Å². The van der Waals surface area contributed by atoms with Crippen LogP contribution in [-0.2, 0) is 9.53 Å². The molecule has 0 fully saturated rings. The topological polar surface area (TPSA) is 68.7 Å². The van der Waals surface area contributed by atoms with E-state index in [0.717, 1.165) is 17.0 Å². The molecule has 0 N–H and O–H groups in total. The smallest absolute Gasteiger partial charge is 0.350 e. The lowest BCUT2D eigenvalue weighted by Gasteiger charge is -2.20. The molecule has 3 rings (SSSR count). The molecule has 0 spiro atoms. The zero-order chi connectivity index (χ0) is 20.8. The second kappa shape index (κ2) is 9.34. The molecule has 0 saturated heterocycles. The number of likely N-dealkylation sites (N-methyl/N-ethyl adjacent to an activating group) is 1. The second-order valence-corrected chi connectivity index (χ2v) is 7.21. The summed E-state index contributed by atoms with van der Waals surface area (Å²) in [7, 11) is 1.61. The summed E-state index contributed by atoms with van der Waals surface area (Å²) in [5, 5.41) is 0.711. The van der Waals surface area contributed by atoms with E-state index < -0.39 is 5.97 Å². The zero-order valence-electron chi connectivity index (χ0n) is 16.5. The Kier molecular flexibility index (Phi) is 6.61. The summed E-state index contributed by atoms with van der Waals surface area (Å²) in [6, 6.07) is 16.7. The number of benzene rings is 2. The molecule has 1 amide bonds. The average molecular weight is 410 g/mol. The lowest BCUT2D eigenvalue weighted by atomic mass is 10.2. The lowest BCUT2D eigenvalue weighted by Crippen LogP contribution is -2.34. The van der Waals surface area contributed by atoms with E-state index in [1.54, 1.807) is 18.9 Å². The molecule has 29 heavy (non-hydrogen) atoms. The number of ether oxygens (including phenoxy) is 2. The molecule has 0 aliphatic rings. The minimum atomic E-state index is -0.544. The van der Waals surface area contributed by atoms with Crippen molar-refractivity contribution in [3.8, 4) is 16.3 Å². The predicted molar refractivity (Wildman–Crippen MR) is 114 cm³/mol. The third kappa shape index (κ3) is 4.81. The molecule has 6 nitrogen and oxygen atoms in total. The summed E-state index contributed by atoms with van der Waals surface area (Å²) in [6.07, 6.45) is 0. The highest BCUT2D eigenvalue weighted by molar-refractivity contribution is 7.17. The Morgan fingerprint density at radius 2 is 1.76 bits per heavy atom. The summed E-state index contributed by atoms with van der Waals surface area (Å²) in [4.78, 5) is 31.5. The van der Waals surface area contributed by atoms with E-state index in [2.05, 4.69) is 4.98 Å². The number of nitrogens with zero attached hydrogens (tertiary/aromatic N) is 2. The highest BCUT2D eigenvalue weighted by Gasteiger charge is 2.21. The molecule has 0 atom stereocenters. The fourth-order valence-corrected chi connectivity index (χ4v) is 3.79. The molecule has 0 bridgehead atoms. The van der Waals surface area contributed by atoms with Crippen LogP contribution < -0.4 is 9.64 Å². The number of hydrogen-bond acceptors (Lipinski definition) is 6. The van der Waals surface area contributed by atoms with Crippen LogP contribution in [0.1, 0.15) is 22.3 Å². The van der Waals surface area contributed by atoms with Gasteiger partial charge in [0, 0.05) is 17.8 Å². The van der Waals surface area contributed by atoms with Gasteiger partial charge in [0.1, 0.15) is 15.6 Å². The van der Waals surface area contributed by atoms with Crippen molar-refractivity contribution in [2.75, 3.05) is 25.2 Å². The van der Waals surface area contributed by atoms with Gasteiger partial charge in [-0.15, -0.1) is 11.3 Å². The third-order valence-electron chi connectivity index (χ3n) is 4.33. The molecule has 0 aliphatic heterocycles. The van der Waals surface area contributed by atoms with Crippen molar-refractivity contribution in [1.82, 2.24) is 4.98 Å². The van der Waals surface area contributed by atoms with Crippen molar-refractivity contribution in [2.24, 2.45) is 0 Å². The molecule has 1 aromatic heterocycles. The molecular weight excluding hydrogens is 388 g/mol. The largest absolute Gasteiger partial charge is 0.497 e. The zero-order valence-corrected chi connectivity index (χ0v) is 17.4. The normalized spacial score (nSPS) is 10.4. The Morgan fingerprint density at radius 1 is 1.07 bits per heavy atom. The number of hydrogen-bond donors (Lipinski definition) is 0. The second-order valence-electron chi connectivity index (χ2n) is 6.21. The highest BCUT2D eigenvalue weighted by atomic mass is 32.1. The van der Waals surface area contributed by atoms with Gasteiger partial charge in [0.15, 0.2) is 6.61 Å². The SMILES string of the molecule is CCN(C(=O)COC(=O)c1sc(-c2ccc(OC)cc2)nc1C)c1ccccc1. The summed E-state index contributed by atoms with van der Waals surface area (Å²) >= 11 is 1.24. The van der Waals surface area contributed by atoms with Crippen LogP contribution in [0.15, 0.2) is 54.6 Å². The van der Waals surface area contributed by atoms with E-state index in [1.807, 2.05) is 61.5 Å². The number of aromatic nitrogens is 1. The third-order valence-corrected chi connectivity index (χ3v) is 5.52. The van der Waals surface area contributed by atoms with Gasteiger partial charge in [0.05, 0.1) is 12.8 Å². The molecule has 2 aromatic carbocycles. The van der Waals surface area contributed by atoms with E-state index in [-0.39, 0.29) is 12.5 Å². The van der Waals surface area contributed by atoms with E-state index in [0.29, 0.717) is 22.1 Å². The van der Waals surface area contributed by atoms with Gasteiger partial charge in [-0.2, -0.15) is 0 Å². The van der Waals surface area contributed by atoms with Gasteiger partial charge in [-0.25, -0.2) is 9.78 Å². The maximum absolute atomic E-state index is 12.5. The van der Waals surface area contributed by atoms with Gasteiger partial charge in [-0.05, 0) is 50.2 Å². The first kappa shape index (κ1) is 20.5. The average Bonchev–Trinajstić information content (AvgIpc) is 3.15. The van der Waals surface area contributed by atoms with Crippen molar-refractivity contribution in [3.05, 3.63) is 65.2 Å². The molecule has 0 radical (unpaired) electrons. The fraction of sp³-hybridized carbons (Fsp3) is 0.227. The standard InChI is InChI=1S/C22H22N2O4S/c1-4-24(17-8-6-5-7-9-17)19(25)14-28-22(26)20-15(2)23-21(29-20)16-10-12-18(27-3)13-11-16/h5-13H,4,14H2,1-3H3. The predicted octanol–water partition coefficient (Wildman–Crippen LogP) is 4.34. The maximum atomic E-state index is 12.5. The molecule has 7 heteroatoms. The number of carbonyl (C=O) groups is 2. The summed E-state index contributed by atoms with van der Waals surface area (Å²) in [5.74, 6) is -0.0686. The number of thiazole rings is 1. The molecule has 0 unspecified atom stereocenters. The van der Waals surface area contributed by atoms with Gasteiger partial charge >= 0.3 is 5.97 Å². The molecule has 3 aromatic rings. The minimum Gasteiger partial charge on any atom is -0.497 e. The number of amides is 1. The number of aryl methyl sites for hydroxylation is 1. The minimum absolute atomic E-state index is 0.274. The first-order valence-corrected chi connectivity index (χ1v) is 9.99. The van der Waals surface area contributed by atoms with Crippen LogP contribution >= 0.6 is 11.3 Å². The van der Waals surface area contributed by atoms with Gasteiger partial charge in [-0.1, -0.05) is 18.2 Å². The Hall–Kier alpha value is -3.19. The summed E-state index contributed by atoms with van der Waals surface area (Å²) < 4.78 is 10.4. The monoisotopic (exact) mass is 410 g/mol. The Morgan fingerprint density at radius 3 is 2.38 bits per heavy atom. The lowest BCUT2D eigenvalue weighted by molar-refractivity contribution is -0.121. The van der Waals surface area contributed by atoms with Crippen molar-refractivity contribution >= 4 is 28.9 Å². The number of para-hydroxylation sites is 1. The van der Waals surface area contributed by atoms with Crippen LogP contribution in [0.25, 0.3) is 10.6 Å². The van der Waals surface area contributed by atoms with E-state index in [1.165, 1.54) is 11.3 Å². The quantitative estimate of drug-likeness (QED) is 0.542. The highest BCUT2D eigenvalue weighted by Crippen LogP contribution is 2.29.